The number of hydrogen-bond acceptors (Lipinski definition) is 3. The van der Waals surface area contributed by atoms with E-state index < -0.39 is 0 Å². The summed E-state index contributed by atoms with van der Waals surface area (Å²) in [6.45, 7) is 11.9. The molecule has 2 unspecified atom stereocenters. The quantitative estimate of drug-likeness (QED) is 0.725. The smallest absolute Gasteiger partial charge is 0.0702 e. The van der Waals surface area contributed by atoms with Gasteiger partial charge in [-0.25, -0.2) is 0 Å². The molecule has 1 rings (SSSR count). The number of piperidine rings is 1. The lowest BCUT2D eigenvalue weighted by atomic mass is 10.1. The molecule has 1 aliphatic heterocycles. The Hall–Kier alpha value is -0.120. The molecule has 0 aromatic rings. The Morgan fingerprint density at radius 3 is 2.93 bits per heavy atom. The maximum atomic E-state index is 5.69. The summed E-state index contributed by atoms with van der Waals surface area (Å²) in [5.74, 6) is 0. The van der Waals surface area contributed by atoms with E-state index in [0.717, 1.165) is 26.2 Å². The van der Waals surface area contributed by atoms with Gasteiger partial charge in [-0.1, -0.05) is 6.92 Å². The van der Waals surface area contributed by atoms with Crippen LogP contribution in [0.25, 0.3) is 0 Å². The molecule has 0 bridgehead atoms. The Kier molecular flexibility index (Phi) is 6.22. The first-order valence-corrected chi connectivity index (χ1v) is 6.33. The van der Waals surface area contributed by atoms with E-state index in [1.165, 1.54) is 19.4 Å². The van der Waals surface area contributed by atoms with Crippen molar-refractivity contribution >= 4 is 0 Å². The van der Waals surface area contributed by atoms with Gasteiger partial charge in [-0.2, -0.15) is 0 Å². The maximum absolute atomic E-state index is 5.69. The molecule has 1 fully saturated rings. The molecule has 0 aromatic heterocycles. The Morgan fingerprint density at radius 2 is 2.27 bits per heavy atom. The van der Waals surface area contributed by atoms with Crippen LogP contribution in [0.5, 0.6) is 0 Å². The third-order valence-corrected chi connectivity index (χ3v) is 2.95. The van der Waals surface area contributed by atoms with Gasteiger partial charge in [-0.3, -0.25) is 4.90 Å². The van der Waals surface area contributed by atoms with Crippen molar-refractivity contribution in [3.8, 4) is 0 Å². The average molecular weight is 214 g/mol. The van der Waals surface area contributed by atoms with Gasteiger partial charge in [0, 0.05) is 25.7 Å². The first-order valence-electron chi connectivity index (χ1n) is 6.33. The minimum absolute atomic E-state index is 0.470. The fourth-order valence-electron chi connectivity index (χ4n) is 2.35. The van der Waals surface area contributed by atoms with Crippen molar-refractivity contribution in [2.45, 2.75) is 45.8 Å². The largest absolute Gasteiger partial charge is 0.377 e. The first kappa shape index (κ1) is 12.9. The van der Waals surface area contributed by atoms with Crippen molar-refractivity contribution < 1.29 is 4.74 Å². The second kappa shape index (κ2) is 7.20. The van der Waals surface area contributed by atoms with Crippen molar-refractivity contribution in [2.75, 3.05) is 32.8 Å². The minimum Gasteiger partial charge on any atom is -0.377 e. The summed E-state index contributed by atoms with van der Waals surface area (Å²) < 4.78 is 5.69. The molecule has 0 aliphatic carbocycles. The van der Waals surface area contributed by atoms with Crippen LogP contribution in [0, 0.1) is 0 Å². The third-order valence-electron chi connectivity index (χ3n) is 2.95. The van der Waals surface area contributed by atoms with Crippen LogP contribution < -0.4 is 5.32 Å². The van der Waals surface area contributed by atoms with E-state index >= 15 is 0 Å². The summed E-state index contributed by atoms with van der Waals surface area (Å²) in [7, 11) is 0. The zero-order chi connectivity index (χ0) is 11.1. The van der Waals surface area contributed by atoms with E-state index in [0.29, 0.717) is 12.1 Å². The second-order valence-corrected chi connectivity index (χ2v) is 4.44. The van der Waals surface area contributed by atoms with Gasteiger partial charge in [-0.05, 0) is 39.8 Å². The molecule has 1 aliphatic rings. The van der Waals surface area contributed by atoms with Crippen LogP contribution in [0.1, 0.15) is 33.6 Å². The number of hydrogen-bond donors (Lipinski definition) is 1. The van der Waals surface area contributed by atoms with Gasteiger partial charge in [0.1, 0.15) is 0 Å². The number of likely N-dealkylation sites (N-methyl/N-ethyl adjacent to an activating group) is 1. The fourth-order valence-corrected chi connectivity index (χ4v) is 2.35. The van der Waals surface area contributed by atoms with Gasteiger partial charge < -0.3 is 10.1 Å². The highest BCUT2D eigenvalue weighted by atomic mass is 16.5. The SMILES string of the molecule is CCNC(C)CN1CCCC(OCC)C1. The van der Waals surface area contributed by atoms with Gasteiger partial charge in [-0.15, -0.1) is 0 Å². The van der Waals surface area contributed by atoms with Gasteiger partial charge in [0.15, 0.2) is 0 Å². The highest BCUT2D eigenvalue weighted by Crippen LogP contribution is 2.13. The predicted octanol–water partition coefficient (Wildman–Crippen LogP) is 1.49. The van der Waals surface area contributed by atoms with Crippen molar-refractivity contribution in [3.05, 3.63) is 0 Å². The van der Waals surface area contributed by atoms with Gasteiger partial charge in [0.25, 0.3) is 0 Å². The zero-order valence-corrected chi connectivity index (χ0v) is 10.5. The van der Waals surface area contributed by atoms with Crippen LogP contribution in [-0.4, -0.2) is 49.8 Å². The first-order chi connectivity index (χ1) is 7.26. The molecule has 0 amide bonds. The number of nitrogens with zero attached hydrogens (tertiary/aromatic N) is 1. The van der Waals surface area contributed by atoms with Gasteiger partial charge in [0.05, 0.1) is 6.10 Å². The molecule has 2 atom stereocenters. The summed E-state index contributed by atoms with van der Waals surface area (Å²) in [5.41, 5.74) is 0. The van der Waals surface area contributed by atoms with E-state index in [9.17, 15) is 0 Å². The minimum atomic E-state index is 0.470. The molecule has 0 radical (unpaired) electrons. The molecule has 1 heterocycles. The van der Waals surface area contributed by atoms with E-state index in [1.54, 1.807) is 0 Å². The van der Waals surface area contributed by atoms with Crippen LogP contribution in [-0.2, 0) is 4.74 Å². The number of ether oxygens (including phenoxy) is 1. The van der Waals surface area contributed by atoms with Gasteiger partial charge in [0.2, 0.25) is 0 Å². The second-order valence-electron chi connectivity index (χ2n) is 4.44. The van der Waals surface area contributed by atoms with Crippen molar-refractivity contribution in [2.24, 2.45) is 0 Å². The van der Waals surface area contributed by atoms with Crippen molar-refractivity contribution in [1.29, 1.82) is 0 Å². The normalized spacial score (nSPS) is 25.4. The molecule has 3 heteroatoms. The maximum Gasteiger partial charge on any atom is 0.0702 e. The summed E-state index contributed by atoms with van der Waals surface area (Å²) in [6.07, 6.45) is 2.99. The molecule has 1 N–H and O–H groups in total. The van der Waals surface area contributed by atoms with Crippen molar-refractivity contribution in [1.82, 2.24) is 10.2 Å². The van der Waals surface area contributed by atoms with Crippen LogP contribution >= 0.6 is 0 Å². The molecular weight excluding hydrogens is 188 g/mol. The van der Waals surface area contributed by atoms with Crippen LogP contribution in [0.2, 0.25) is 0 Å². The van der Waals surface area contributed by atoms with Gasteiger partial charge >= 0.3 is 0 Å². The predicted molar refractivity (Wildman–Crippen MR) is 64.2 cm³/mol. The average Bonchev–Trinajstić information content (AvgIpc) is 2.19. The highest BCUT2D eigenvalue weighted by Gasteiger charge is 2.20. The van der Waals surface area contributed by atoms with Crippen LogP contribution in [0.4, 0.5) is 0 Å². The van der Waals surface area contributed by atoms with E-state index in [-0.39, 0.29) is 0 Å². The summed E-state index contributed by atoms with van der Waals surface area (Å²) >= 11 is 0. The third kappa shape index (κ3) is 4.96. The molecule has 0 saturated carbocycles. The summed E-state index contributed by atoms with van der Waals surface area (Å²) in [6, 6.07) is 0.593. The lowest BCUT2D eigenvalue weighted by Gasteiger charge is -2.34. The van der Waals surface area contributed by atoms with Crippen LogP contribution in [0.15, 0.2) is 0 Å². The lowest BCUT2D eigenvalue weighted by Crippen LogP contribution is -2.46. The molecule has 90 valence electrons. The molecular formula is C12H26N2O. The van der Waals surface area contributed by atoms with Crippen molar-refractivity contribution in [3.63, 3.8) is 0 Å². The Morgan fingerprint density at radius 1 is 1.47 bits per heavy atom. The molecule has 1 saturated heterocycles. The standard InChI is InChI=1S/C12H26N2O/c1-4-13-11(3)9-14-8-6-7-12(10-14)15-5-2/h11-13H,4-10H2,1-3H3. The monoisotopic (exact) mass is 214 g/mol. The Labute approximate surface area is 94.2 Å². The highest BCUT2D eigenvalue weighted by molar-refractivity contribution is 4.76. The molecule has 3 nitrogen and oxygen atoms in total. The topological polar surface area (TPSA) is 24.5 Å². The zero-order valence-electron chi connectivity index (χ0n) is 10.5. The summed E-state index contributed by atoms with van der Waals surface area (Å²) in [5, 5.41) is 3.46. The number of likely N-dealkylation sites (tertiary alicyclic amines) is 1. The Balaban J connectivity index is 2.23. The van der Waals surface area contributed by atoms with Crippen LogP contribution in [0.3, 0.4) is 0 Å². The number of rotatable bonds is 6. The molecule has 0 spiro atoms. The molecule has 0 aromatic carbocycles. The Bertz CT molecular complexity index is 160. The fraction of sp³-hybridized carbons (Fsp3) is 1.00. The number of nitrogens with one attached hydrogen (secondary N) is 1. The lowest BCUT2D eigenvalue weighted by molar-refractivity contribution is 0.00411. The van der Waals surface area contributed by atoms with E-state index in [1.807, 2.05) is 0 Å². The summed E-state index contributed by atoms with van der Waals surface area (Å²) in [4.78, 5) is 2.52. The van der Waals surface area contributed by atoms with E-state index in [4.69, 9.17) is 4.74 Å². The van der Waals surface area contributed by atoms with E-state index in [2.05, 4.69) is 31.0 Å². The molecule has 15 heavy (non-hydrogen) atoms.